The highest BCUT2D eigenvalue weighted by Gasteiger charge is 2.09. The lowest BCUT2D eigenvalue weighted by molar-refractivity contribution is 0.495. The number of aryl methyl sites for hydroxylation is 1. The van der Waals surface area contributed by atoms with Crippen molar-refractivity contribution in [3.63, 3.8) is 0 Å². The van der Waals surface area contributed by atoms with Gasteiger partial charge in [-0.2, -0.15) is 0 Å². The standard InChI is InChI=1S/C14H19FN4/c1-2-12(13-6-5-11(15)10-19-13)16-7-3-4-14-17-8-9-18-14/h5-6,8-10,12,16H,2-4,7H2,1H3,(H,17,18). The minimum Gasteiger partial charge on any atom is -0.349 e. The van der Waals surface area contributed by atoms with Crippen molar-refractivity contribution in [2.75, 3.05) is 6.54 Å². The number of nitrogens with zero attached hydrogens (tertiary/aromatic N) is 2. The molecule has 1 atom stereocenters. The van der Waals surface area contributed by atoms with Crippen molar-refractivity contribution in [1.29, 1.82) is 0 Å². The summed E-state index contributed by atoms with van der Waals surface area (Å²) in [4.78, 5) is 11.4. The molecule has 2 heterocycles. The van der Waals surface area contributed by atoms with Gasteiger partial charge in [0.15, 0.2) is 0 Å². The van der Waals surface area contributed by atoms with Crippen molar-refractivity contribution in [2.24, 2.45) is 0 Å². The fraction of sp³-hybridized carbons (Fsp3) is 0.429. The summed E-state index contributed by atoms with van der Waals surface area (Å²) in [6.45, 7) is 2.98. The van der Waals surface area contributed by atoms with Gasteiger partial charge in [-0.25, -0.2) is 9.37 Å². The van der Waals surface area contributed by atoms with Crippen LogP contribution in [-0.4, -0.2) is 21.5 Å². The molecule has 0 fully saturated rings. The van der Waals surface area contributed by atoms with Crippen molar-refractivity contribution in [3.8, 4) is 0 Å². The third-order valence-corrected chi connectivity index (χ3v) is 3.05. The van der Waals surface area contributed by atoms with Crippen LogP contribution in [0.2, 0.25) is 0 Å². The van der Waals surface area contributed by atoms with E-state index < -0.39 is 0 Å². The van der Waals surface area contributed by atoms with Gasteiger partial charge >= 0.3 is 0 Å². The van der Waals surface area contributed by atoms with Crippen LogP contribution in [-0.2, 0) is 6.42 Å². The first-order valence-electron chi connectivity index (χ1n) is 6.62. The second-order valence-corrected chi connectivity index (χ2v) is 4.46. The monoisotopic (exact) mass is 262 g/mol. The van der Waals surface area contributed by atoms with Crippen LogP contribution in [0.5, 0.6) is 0 Å². The molecule has 2 aromatic heterocycles. The van der Waals surface area contributed by atoms with E-state index >= 15 is 0 Å². The summed E-state index contributed by atoms with van der Waals surface area (Å²) >= 11 is 0. The van der Waals surface area contributed by atoms with Gasteiger partial charge in [-0.15, -0.1) is 0 Å². The average Bonchev–Trinajstić information content (AvgIpc) is 2.93. The zero-order chi connectivity index (χ0) is 13.5. The maximum Gasteiger partial charge on any atom is 0.141 e. The third-order valence-electron chi connectivity index (χ3n) is 3.05. The fourth-order valence-corrected chi connectivity index (χ4v) is 2.02. The van der Waals surface area contributed by atoms with Crippen LogP contribution in [0, 0.1) is 5.82 Å². The van der Waals surface area contributed by atoms with E-state index in [4.69, 9.17) is 0 Å². The maximum atomic E-state index is 12.8. The van der Waals surface area contributed by atoms with Gasteiger partial charge in [0.2, 0.25) is 0 Å². The number of pyridine rings is 1. The summed E-state index contributed by atoms with van der Waals surface area (Å²) < 4.78 is 12.8. The molecule has 5 heteroatoms. The highest BCUT2D eigenvalue weighted by Crippen LogP contribution is 2.14. The van der Waals surface area contributed by atoms with Gasteiger partial charge in [0, 0.05) is 24.9 Å². The normalized spacial score (nSPS) is 12.5. The summed E-state index contributed by atoms with van der Waals surface area (Å²) in [7, 11) is 0. The Hall–Kier alpha value is -1.75. The highest BCUT2D eigenvalue weighted by molar-refractivity contribution is 5.09. The number of rotatable bonds is 7. The quantitative estimate of drug-likeness (QED) is 0.754. The first-order valence-corrected chi connectivity index (χ1v) is 6.62. The van der Waals surface area contributed by atoms with E-state index in [1.165, 1.54) is 12.3 Å². The molecule has 0 saturated heterocycles. The zero-order valence-corrected chi connectivity index (χ0v) is 11.1. The SMILES string of the molecule is CCC(NCCCc1ncc[nH]1)c1ccc(F)cn1. The van der Waals surface area contributed by atoms with Crippen LogP contribution in [0.15, 0.2) is 30.7 Å². The van der Waals surface area contributed by atoms with Crippen molar-refractivity contribution < 1.29 is 4.39 Å². The average molecular weight is 262 g/mol. The first-order chi connectivity index (χ1) is 9.29. The molecule has 0 amide bonds. The van der Waals surface area contributed by atoms with E-state index in [1.54, 1.807) is 12.3 Å². The molecule has 2 N–H and O–H groups in total. The molecule has 1 unspecified atom stereocenters. The molecule has 0 aliphatic carbocycles. The Morgan fingerprint density at radius 1 is 1.37 bits per heavy atom. The molecule has 102 valence electrons. The van der Waals surface area contributed by atoms with Gasteiger partial charge in [0.1, 0.15) is 11.6 Å². The molecule has 0 aliphatic heterocycles. The van der Waals surface area contributed by atoms with Gasteiger partial charge in [0.05, 0.1) is 11.9 Å². The van der Waals surface area contributed by atoms with Crippen LogP contribution in [0.25, 0.3) is 0 Å². The van der Waals surface area contributed by atoms with E-state index in [-0.39, 0.29) is 11.9 Å². The van der Waals surface area contributed by atoms with Crippen molar-refractivity contribution in [1.82, 2.24) is 20.3 Å². The molecular formula is C14H19FN4. The molecule has 4 nitrogen and oxygen atoms in total. The minimum absolute atomic E-state index is 0.178. The summed E-state index contributed by atoms with van der Waals surface area (Å²) in [6.07, 6.45) is 7.72. The van der Waals surface area contributed by atoms with E-state index in [1.807, 2.05) is 6.20 Å². The van der Waals surface area contributed by atoms with E-state index in [9.17, 15) is 4.39 Å². The Labute approximate surface area is 112 Å². The predicted molar refractivity (Wildman–Crippen MR) is 72.1 cm³/mol. The van der Waals surface area contributed by atoms with Gasteiger partial charge in [-0.3, -0.25) is 4.98 Å². The molecular weight excluding hydrogens is 243 g/mol. The molecule has 19 heavy (non-hydrogen) atoms. The van der Waals surface area contributed by atoms with Gasteiger partial charge < -0.3 is 10.3 Å². The summed E-state index contributed by atoms with van der Waals surface area (Å²) in [5, 5.41) is 3.44. The molecule has 0 aliphatic rings. The number of hydrogen-bond donors (Lipinski definition) is 2. The number of aromatic amines is 1. The Morgan fingerprint density at radius 3 is 2.89 bits per heavy atom. The minimum atomic E-state index is -0.295. The molecule has 0 spiro atoms. The van der Waals surface area contributed by atoms with E-state index in [0.717, 1.165) is 37.3 Å². The molecule has 2 aromatic rings. The van der Waals surface area contributed by atoms with Crippen LogP contribution in [0.3, 0.4) is 0 Å². The van der Waals surface area contributed by atoms with Crippen LogP contribution in [0.1, 0.15) is 37.3 Å². The first kappa shape index (κ1) is 13.7. The van der Waals surface area contributed by atoms with Crippen molar-refractivity contribution in [2.45, 2.75) is 32.2 Å². The van der Waals surface area contributed by atoms with Crippen molar-refractivity contribution in [3.05, 3.63) is 48.1 Å². The highest BCUT2D eigenvalue weighted by atomic mass is 19.1. The van der Waals surface area contributed by atoms with Crippen LogP contribution < -0.4 is 5.32 Å². The van der Waals surface area contributed by atoms with E-state index in [2.05, 4.69) is 27.2 Å². The number of H-pyrrole nitrogens is 1. The number of hydrogen-bond acceptors (Lipinski definition) is 3. The number of halogens is 1. The zero-order valence-electron chi connectivity index (χ0n) is 11.1. The largest absolute Gasteiger partial charge is 0.349 e. The fourth-order valence-electron chi connectivity index (χ4n) is 2.02. The summed E-state index contributed by atoms with van der Waals surface area (Å²) in [5.74, 6) is 0.714. The van der Waals surface area contributed by atoms with Crippen molar-refractivity contribution >= 4 is 0 Å². The second kappa shape index (κ2) is 6.99. The number of imidazole rings is 1. The Bertz CT molecular complexity index is 467. The smallest absolute Gasteiger partial charge is 0.141 e. The topological polar surface area (TPSA) is 53.6 Å². The lowest BCUT2D eigenvalue weighted by Gasteiger charge is -2.16. The Balaban J connectivity index is 1.77. The van der Waals surface area contributed by atoms with Gasteiger partial charge in [-0.05, 0) is 31.5 Å². The maximum absolute atomic E-state index is 12.8. The Kier molecular flexibility index (Phi) is 5.03. The predicted octanol–water partition coefficient (Wildman–Crippen LogP) is 2.62. The Morgan fingerprint density at radius 2 is 2.26 bits per heavy atom. The molecule has 0 bridgehead atoms. The summed E-state index contributed by atoms with van der Waals surface area (Å²) in [6, 6.07) is 3.37. The van der Waals surface area contributed by atoms with Gasteiger partial charge in [0.25, 0.3) is 0 Å². The van der Waals surface area contributed by atoms with Crippen LogP contribution in [0.4, 0.5) is 4.39 Å². The lowest BCUT2D eigenvalue weighted by atomic mass is 10.1. The number of aromatic nitrogens is 3. The summed E-state index contributed by atoms with van der Waals surface area (Å²) in [5.41, 5.74) is 0.891. The molecule has 2 rings (SSSR count). The van der Waals surface area contributed by atoms with Gasteiger partial charge in [-0.1, -0.05) is 6.92 Å². The van der Waals surface area contributed by atoms with Crippen LogP contribution >= 0.6 is 0 Å². The van der Waals surface area contributed by atoms with E-state index in [0.29, 0.717) is 0 Å². The molecule has 0 saturated carbocycles. The third kappa shape index (κ3) is 4.13. The second-order valence-electron chi connectivity index (χ2n) is 4.46. The number of nitrogens with one attached hydrogen (secondary N) is 2. The molecule has 0 aromatic carbocycles. The molecule has 0 radical (unpaired) electrons. The lowest BCUT2D eigenvalue weighted by Crippen LogP contribution is -2.23.